The highest BCUT2D eigenvalue weighted by atomic mass is 32.1. The number of hydrogen-bond acceptors (Lipinski definition) is 3. The van der Waals surface area contributed by atoms with Crippen molar-refractivity contribution in [2.75, 3.05) is 19.6 Å². The van der Waals surface area contributed by atoms with Crippen LogP contribution in [0.4, 0.5) is 0 Å². The van der Waals surface area contributed by atoms with Crippen LogP contribution < -0.4 is 5.32 Å². The number of carbonyl (C=O) groups excluding carboxylic acids is 1. The molecule has 0 spiro atoms. The molecule has 4 heteroatoms. The van der Waals surface area contributed by atoms with Crippen molar-refractivity contribution in [3.05, 3.63) is 22.4 Å². The highest BCUT2D eigenvalue weighted by Crippen LogP contribution is 2.12. The van der Waals surface area contributed by atoms with Gasteiger partial charge < -0.3 is 5.32 Å². The lowest BCUT2D eigenvalue weighted by Gasteiger charge is -2.26. The number of rotatable bonds is 10. The third-order valence-corrected chi connectivity index (χ3v) is 4.62. The van der Waals surface area contributed by atoms with Gasteiger partial charge in [0.2, 0.25) is 5.91 Å². The van der Waals surface area contributed by atoms with Crippen molar-refractivity contribution in [1.82, 2.24) is 10.2 Å². The lowest BCUT2D eigenvalue weighted by Crippen LogP contribution is -2.41. The molecule has 0 saturated heterocycles. The van der Waals surface area contributed by atoms with E-state index >= 15 is 0 Å². The SMILES string of the molecule is CCN(CC)C(C)CNC(=O)CCCCc1cccs1. The average molecular weight is 296 g/mol. The number of nitrogens with one attached hydrogen (secondary N) is 1. The average Bonchev–Trinajstić information content (AvgIpc) is 2.96. The first-order valence-corrected chi connectivity index (χ1v) is 8.58. The summed E-state index contributed by atoms with van der Waals surface area (Å²) in [5.41, 5.74) is 0. The maximum atomic E-state index is 11.8. The van der Waals surface area contributed by atoms with Crippen LogP contribution in [0.15, 0.2) is 17.5 Å². The van der Waals surface area contributed by atoms with E-state index in [2.05, 4.69) is 48.5 Å². The van der Waals surface area contributed by atoms with Gasteiger partial charge in [0.1, 0.15) is 0 Å². The summed E-state index contributed by atoms with van der Waals surface area (Å²) in [7, 11) is 0. The van der Waals surface area contributed by atoms with Crippen molar-refractivity contribution < 1.29 is 4.79 Å². The van der Waals surface area contributed by atoms with Crippen molar-refractivity contribution >= 4 is 17.2 Å². The van der Waals surface area contributed by atoms with Crippen LogP contribution in [0.3, 0.4) is 0 Å². The molecule has 0 saturated carbocycles. The second kappa shape index (κ2) is 9.94. The van der Waals surface area contributed by atoms with Gasteiger partial charge in [0.25, 0.3) is 0 Å². The van der Waals surface area contributed by atoms with Gasteiger partial charge >= 0.3 is 0 Å². The third-order valence-electron chi connectivity index (χ3n) is 3.69. The predicted molar refractivity (Wildman–Crippen MR) is 87.3 cm³/mol. The molecule has 1 atom stereocenters. The van der Waals surface area contributed by atoms with E-state index in [0.29, 0.717) is 12.5 Å². The van der Waals surface area contributed by atoms with Gasteiger partial charge in [-0.25, -0.2) is 0 Å². The summed E-state index contributed by atoms with van der Waals surface area (Å²) >= 11 is 1.80. The van der Waals surface area contributed by atoms with E-state index in [1.54, 1.807) is 11.3 Å². The van der Waals surface area contributed by atoms with E-state index in [0.717, 1.165) is 38.9 Å². The molecule has 20 heavy (non-hydrogen) atoms. The first-order valence-electron chi connectivity index (χ1n) is 7.70. The minimum Gasteiger partial charge on any atom is -0.355 e. The fourth-order valence-corrected chi connectivity index (χ4v) is 3.12. The Balaban J connectivity index is 2.08. The number of carbonyl (C=O) groups is 1. The fourth-order valence-electron chi connectivity index (χ4n) is 2.37. The van der Waals surface area contributed by atoms with Crippen molar-refractivity contribution in [2.45, 2.75) is 52.5 Å². The van der Waals surface area contributed by atoms with E-state index in [-0.39, 0.29) is 5.91 Å². The van der Waals surface area contributed by atoms with Crippen LogP contribution in [0.25, 0.3) is 0 Å². The smallest absolute Gasteiger partial charge is 0.220 e. The second-order valence-corrected chi connectivity index (χ2v) is 6.19. The van der Waals surface area contributed by atoms with Gasteiger partial charge in [-0.1, -0.05) is 19.9 Å². The lowest BCUT2D eigenvalue weighted by molar-refractivity contribution is -0.121. The number of nitrogens with zero attached hydrogens (tertiary/aromatic N) is 1. The van der Waals surface area contributed by atoms with Crippen molar-refractivity contribution in [2.24, 2.45) is 0 Å². The number of hydrogen-bond donors (Lipinski definition) is 1. The summed E-state index contributed by atoms with van der Waals surface area (Å²) in [6.07, 6.45) is 3.82. The first-order chi connectivity index (χ1) is 9.67. The summed E-state index contributed by atoms with van der Waals surface area (Å²) in [5, 5.41) is 5.15. The zero-order valence-corrected chi connectivity index (χ0v) is 13.8. The van der Waals surface area contributed by atoms with E-state index < -0.39 is 0 Å². The van der Waals surface area contributed by atoms with Crippen LogP contribution >= 0.6 is 11.3 Å². The van der Waals surface area contributed by atoms with Crippen LogP contribution in [-0.4, -0.2) is 36.5 Å². The molecule has 1 N–H and O–H groups in total. The van der Waals surface area contributed by atoms with Crippen LogP contribution in [0, 0.1) is 0 Å². The minimum absolute atomic E-state index is 0.190. The van der Waals surface area contributed by atoms with Gasteiger partial charge in [-0.3, -0.25) is 9.69 Å². The second-order valence-electron chi connectivity index (χ2n) is 5.16. The number of thiophene rings is 1. The van der Waals surface area contributed by atoms with E-state index in [9.17, 15) is 4.79 Å². The van der Waals surface area contributed by atoms with E-state index in [1.165, 1.54) is 4.88 Å². The molecule has 0 fully saturated rings. The molecule has 0 aliphatic carbocycles. The number of aryl methyl sites for hydroxylation is 1. The first kappa shape index (κ1) is 17.2. The Hall–Kier alpha value is -0.870. The summed E-state index contributed by atoms with van der Waals surface area (Å²) < 4.78 is 0. The Bertz CT molecular complexity index is 361. The molecular weight excluding hydrogens is 268 g/mol. The Labute approximate surface area is 127 Å². The molecule has 0 radical (unpaired) electrons. The van der Waals surface area contributed by atoms with Crippen LogP contribution in [0.1, 0.15) is 44.9 Å². The maximum Gasteiger partial charge on any atom is 0.220 e. The van der Waals surface area contributed by atoms with Crippen LogP contribution in [-0.2, 0) is 11.2 Å². The van der Waals surface area contributed by atoms with Gasteiger partial charge in [0.15, 0.2) is 0 Å². The van der Waals surface area contributed by atoms with Crippen LogP contribution in [0.5, 0.6) is 0 Å². The number of amides is 1. The molecular formula is C16H28N2OS. The third kappa shape index (κ3) is 6.53. The quantitative estimate of drug-likeness (QED) is 0.672. The van der Waals surface area contributed by atoms with Crippen molar-refractivity contribution in [3.63, 3.8) is 0 Å². The summed E-state index contributed by atoms with van der Waals surface area (Å²) in [6, 6.07) is 4.66. The molecule has 0 bridgehead atoms. The molecule has 114 valence electrons. The molecule has 0 aliphatic rings. The minimum atomic E-state index is 0.190. The van der Waals surface area contributed by atoms with Gasteiger partial charge in [-0.15, -0.1) is 11.3 Å². The van der Waals surface area contributed by atoms with Crippen LogP contribution in [0.2, 0.25) is 0 Å². The van der Waals surface area contributed by atoms with Crippen molar-refractivity contribution in [3.8, 4) is 0 Å². The molecule has 1 amide bonds. The summed E-state index contributed by atoms with van der Waals surface area (Å²) in [5.74, 6) is 0.190. The molecule has 1 heterocycles. The molecule has 0 aliphatic heterocycles. The van der Waals surface area contributed by atoms with Gasteiger partial charge in [-0.05, 0) is 50.7 Å². The fraction of sp³-hybridized carbons (Fsp3) is 0.688. The molecule has 1 aromatic heterocycles. The zero-order valence-electron chi connectivity index (χ0n) is 13.0. The Kier molecular flexibility index (Phi) is 8.54. The van der Waals surface area contributed by atoms with E-state index in [1.807, 2.05) is 0 Å². The normalized spacial score (nSPS) is 12.6. The number of unbranched alkanes of at least 4 members (excludes halogenated alkanes) is 1. The number of likely N-dealkylation sites (N-methyl/N-ethyl adjacent to an activating group) is 1. The molecule has 0 aromatic carbocycles. The molecule has 1 rings (SSSR count). The Morgan fingerprint density at radius 1 is 1.35 bits per heavy atom. The maximum absolute atomic E-state index is 11.8. The highest BCUT2D eigenvalue weighted by Gasteiger charge is 2.10. The highest BCUT2D eigenvalue weighted by molar-refractivity contribution is 7.09. The zero-order chi connectivity index (χ0) is 14.8. The monoisotopic (exact) mass is 296 g/mol. The lowest BCUT2D eigenvalue weighted by atomic mass is 10.1. The van der Waals surface area contributed by atoms with Gasteiger partial charge in [-0.2, -0.15) is 0 Å². The largest absolute Gasteiger partial charge is 0.355 e. The molecule has 3 nitrogen and oxygen atoms in total. The van der Waals surface area contributed by atoms with Crippen molar-refractivity contribution in [1.29, 1.82) is 0 Å². The Morgan fingerprint density at radius 2 is 2.10 bits per heavy atom. The standard InChI is InChI=1S/C16H28N2OS/c1-4-18(5-2)14(3)13-17-16(19)11-7-6-9-15-10-8-12-20-15/h8,10,12,14H,4-7,9,11,13H2,1-3H3,(H,17,19). The Morgan fingerprint density at radius 3 is 2.70 bits per heavy atom. The topological polar surface area (TPSA) is 32.3 Å². The molecule has 1 aromatic rings. The molecule has 1 unspecified atom stereocenters. The summed E-state index contributed by atoms with van der Waals surface area (Å²) in [6.45, 7) is 9.32. The van der Waals surface area contributed by atoms with Gasteiger partial charge in [0, 0.05) is 23.9 Å². The van der Waals surface area contributed by atoms with Gasteiger partial charge in [0.05, 0.1) is 0 Å². The van der Waals surface area contributed by atoms with E-state index in [4.69, 9.17) is 0 Å². The predicted octanol–water partition coefficient (Wildman–Crippen LogP) is 3.31. The summed E-state index contributed by atoms with van der Waals surface area (Å²) in [4.78, 5) is 15.6.